The van der Waals surface area contributed by atoms with Gasteiger partial charge in [0.25, 0.3) is 5.69 Å². The fourth-order valence-electron chi connectivity index (χ4n) is 5.13. The third-order valence-electron chi connectivity index (χ3n) is 7.37. The molecule has 1 fully saturated rings. The molecule has 4 N–H and O–H groups in total. The molecule has 6 rings (SSSR count). The molecular formula is C30H26ClN7O6. The third kappa shape index (κ3) is 5.81. The van der Waals surface area contributed by atoms with Gasteiger partial charge in [0, 0.05) is 25.2 Å². The number of nitrogens with zero attached hydrogens (tertiary/aromatic N) is 5. The maximum absolute atomic E-state index is 12.4. The highest BCUT2D eigenvalue weighted by molar-refractivity contribution is 6.32. The van der Waals surface area contributed by atoms with Crippen molar-refractivity contribution in [2.45, 2.75) is 31.1 Å². The van der Waals surface area contributed by atoms with E-state index in [4.69, 9.17) is 16.3 Å². The Balaban J connectivity index is 1.12. The summed E-state index contributed by atoms with van der Waals surface area (Å²) in [5.41, 5.74) is 2.07. The fraction of sp³-hybridized carbons (Fsp3) is 0.200. The maximum atomic E-state index is 12.4. The number of carbonyl (C=O) groups is 1. The van der Waals surface area contributed by atoms with Crippen molar-refractivity contribution in [3.63, 3.8) is 0 Å². The van der Waals surface area contributed by atoms with Crippen LogP contribution in [0.25, 0.3) is 28.0 Å². The molecule has 5 aromatic rings. The second-order valence-electron chi connectivity index (χ2n) is 10.1. The largest absolute Gasteiger partial charge is 0.387 e. The maximum Gasteiger partial charge on any atom is 0.288 e. The summed E-state index contributed by atoms with van der Waals surface area (Å²) in [6.45, 7) is 0.380. The molecule has 3 aromatic carbocycles. The Kier molecular flexibility index (Phi) is 8.17. The highest BCUT2D eigenvalue weighted by atomic mass is 35.5. The Morgan fingerprint density at radius 1 is 1.09 bits per heavy atom. The van der Waals surface area contributed by atoms with Gasteiger partial charge in [0.2, 0.25) is 5.91 Å². The smallest absolute Gasteiger partial charge is 0.288 e. The van der Waals surface area contributed by atoms with E-state index in [2.05, 4.69) is 43.8 Å². The first-order valence-electron chi connectivity index (χ1n) is 13.6. The molecule has 0 saturated carbocycles. The van der Waals surface area contributed by atoms with Crippen LogP contribution in [-0.4, -0.2) is 65.4 Å². The molecule has 0 bridgehead atoms. The Labute approximate surface area is 254 Å². The number of carbonyl (C=O) groups excluding carboxylic acids is 1. The van der Waals surface area contributed by atoms with E-state index in [9.17, 15) is 25.1 Å². The van der Waals surface area contributed by atoms with Gasteiger partial charge in [0.05, 0.1) is 11.3 Å². The SMILES string of the molecule is O=C(/C=C/c1ccc(Cl)c([N+](=O)[O-])c1)NC[C@H]1O[C@@H](n2cnc3c(NCc4cccc5ccccc45)ncnc32)[C@H](O)[C@@H]1O. The number of hydrogen-bond acceptors (Lipinski definition) is 10. The summed E-state index contributed by atoms with van der Waals surface area (Å²) >= 11 is 5.83. The molecule has 224 valence electrons. The number of aliphatic hydroxyl groups is 2. The molecule has 1 saturated heterocycles. The lowest BCUT2D eigenvalue weighted by molar-refractivity contribution is -0.384. The molecule has 0 aliphatic carbocycles. The first-order valence-corrected chi connectivity index (χ1v) is 14.0. The van der Waals surface area contributed by atoms with Gasteiger partial charge in [0.1, 0.15) is 29.7 Å². The summed E-state index contributed by atoms with van der Waals surface area (Å²) in [6.07, 6.45) is 0.810. The molecule has 2 aromatic heterocycles. The molecule has 0 unspecified atom stereocenters. The summed E-state index contributed by atoms with van der Waals surface area (Å²) in [7, 11) is 0. The van der Waals surface area contributed by atoms with Crippen molar-refractivity contribution in [3.8, 4) is 0 Å². The number of ether oxygens (including phenoxy) is 1. The number of nitrogens with one attached hydrogen (secondary N) is 2. The third-order valence-corrected chi connectivity index (χ3v) is 7.69. The molecule has 13 nitrogen and oxygen atoms in total. The first kappa shape index (κ1) is 29.1. The summed E-state index contributed by atoms with van der Waals surface area (Å²) in [4.78, 5) is 36.0. The Morgan fingerprint density at radius 2 is 1.91 bits per heavy atom. The molecule has 1 amide bonds. The number of amides is 1. The molecular weight excluding hydrogens is 590 g/mol. The van der Waals surface area contributed by atoms with Crippen molar-refractivity contribution >= 4 is 57.0 Å². The predicted molar refractivity (Wildman–Crippen MR) is 163 cm³/mol. The number of aliphatic hydroxyl groups excluding tert-OH is 2. The zero-order chi connectivity index (χ0) is 30.8. The fourth-order valence-corrected chi connectivity index (χ4v) is 5.31. The average Bonchev–Trinajstić information content (AvgIpc) is 3.58. The number of anilines is 1. The molecule has 3 heterocycles. The van der Waals surface area contributed by atoms with Crippen LogP contribution in [0.4, 0.5) is 11.5 Å². The van der Waals surface area contributed by atoms with Gasteiger partial charge >= 0.3 is 0 Å². The second-order valence-corrected chi connectivity index (χ2v) is 10.5. The molecule has 1 aliphatic rings. The number of nitro benzene ring substituents is 1. The number of imidazole rings is 1. The summed E-state index contributed by atoms with van der Waals surface area (Å²) in [5, 5.41) is 40.8. The van der Waals surface area contributed by atoms with E-state index >= 15 is 0 Å². The lowest BCUT2D eigenvalue weighted by Gasteiger charge is -2.16. The lowest BCUT2D eigenvalue weighted by Crippen LogP contribution is -2.39. The minimum atomic E-state index is -1.33. The van der Waals surface area contributed by atoms with Crippen molar-refractivity contribution < 1.29 is 24.7 Å². The normalized spacial score (nSPS) is 20.0. The van der Waals surface area contributed by atoms with Gasteiger partial charge in [-0.1, -0.05) is 60.1 Å². The van der Waals surface area contributed by atoms with Gasteiger partial charge in [-0.05, 0) is 34.0 Å². The topological polar surface area (TPSA) is 178 Å². The van der Waals surface area contributed by atoms with Crippen molar-refractivity contribution in [1.29, 1.82) is 0 Å². The van der Waals surface area contributed by atoms with Gasteiger partial charge in [-0.2, -0.15) is 0 Å². The minimum absolute atomic E-state index is 0.0115. The monoisotopic (exact) mass is 615 g/mol. The van der Waals surface area contributed by atoms with Crippen molar-refractivity contribution in [2.24, 2.45) is 0 Å². The van der Waals surface area contributed by atoms with E-state index < -0.39 is 35.4 Å². The average molecular weight is 616 g/mol. The minimum Gasteiger partial charge on any atom is -0.387 e. The Hall–Kier alpha value is -4.95. The summed E-state index contributed by atoms with van der Waals surface area (Å²) in [6, 6.07) is 18.3. The lowest BCUT2D eigenvalue weighted by atomic mass is 10.0. The molecule has 0 radical (unpaired) electrons. The van der Waals surface area contributed by atoms with E-state index in [1.807, 2.05) is 24.3 Å². The quantitative estimate of drug-likeness (QED) is 0.109. The number of rotatable bonds is 9. The van der Waals surface area contributed by atoms with Gasteiger partial charge in [0.15, 0.2) is 23.2 Å². The standard InChI is InChI=1S/C30H26ClN7O6/c31-21-10-8-17(12-22(21)38(42)43)9-11-24(39)32-14-23-26(40)27(41)30(44-23)37-16-36-25-28(34-15-35-29(25)37)33-13-19-6-3-5-18-4-1-2-7-20(18)19/h1-12,15-16,23,26-27,30,40-41H,13-14H2,(H,32,39)(H,33,34,35)/b11-9+/t23-,26-,27-,30-/m1/s1. The zero-order valence-electron chi connectivity index (χ0n) is 22.9. The summed E-state index contributed by atoms with van der Waals surface area (Å²) in [5.74, 6) is -0.0320. The Bertz CT molecular complexity index is 1890. The number of halogens is 1. The summed E-state index contributed by atoms with van der Waals surface area (Å²) < 4.78 is 7.45. The predicted octanol–water partition coefficient (Wildman–Crippen LogP) is 3.60. The van der Waals surface area contributed by atoms with Crippen LogP contribution >= 0.6 is 11.6 Å². The van der Waals surface area contributed by atoms with Crippen LogP contribution in [-0.2, 0) is 16.1 Å². The molecule has 0 spiro atoms. The van der Waals surface area contributed by atoms with E-state index in [0.29, 0.717) is 29.1 Å². The van der Waals surface area contributed by atoms with Crippen LogP contribution in [0.1, 0.15) is 17.4 Å². The molecule has 14 heteroatoms. The number of benzene rings is 3. The van der Waals surface area contributed by atoms with Gasteiger partial charge in [-0.3, -0.25) is 19.5 Å². The van der Waals surface area contributed by atoms with E-state index in [0.717, 1.165) is 16.3 Å². The first-order chi connectivity index (χ1) is 21.3. The number of hydrogen-bond donors (Lipinski definition) is 4. The highest BCUT2D eigenvalue weighted by Gasteiger charge is 2.44. The van der Waals surface area contributed by atoms with E-state index in [-0.39, 0.29) is 17.3 Å². The number of nitro groups is 1. The van der Waals surface area contributed by atoms with Crippen LogP contribution in [0.15, 0.2) is 79.4 Å². The van der Waals surface area contributed by atoms with Crippen molar-refractivity contribution in [2.75, 3.05) is 11.9 Å². The van der Waals surface area contributed by atoms with Gasteiger partial charge in [-0.25, -0.2) is 15.0 Å². The number of fused-ring (bicyclic) bond motifs is 2. The second kappa shape index (κ2) is 12.3. The van der Waals surface area contributed by atoms with Crippen molar-refractivity contribution in [1.82, 2.24) is 24.8 Å². The zero-order valence-corrected chi connectivity index (χ0v) is 23.7. The van der Waals surface area contributed by atoms with Crippen molar-refractivity contribution in [3.05, 3.63) is 106 Å². The van der Waals surface area contributed by atoms with E-state index in [1.165, 1.54) is 47.6 Å². The van der Waals surface area contributed by atoms with Gasteiger partial charge in [-0.15, -0.1) is 0 Å². The molecule has 1 aliphatic heterocycles. The molecule has 4 atom stereocenters. The molecule has 44 heavy (non-hydrogen) atoms. The van der Waals surface area contributed by atoms with Crippen LogP contribution in [0, 0.1) is 10.1 Å². The highest BCUT2D eigenvalue weighted by Crippen LogP contribution is 2.32. The van der Waals surface area contributed by atoms with E-state index in [1.54, 1.807) is 0 Å². The van der Waals surface area contributed by atoms with Crippen LogP contribution < -0.4 is 10.6 Å². The van der Waals surface area contributed by atoms with Crippen LogP contribution in [0.5, 0.6) is 0 Å². The number of aromatic nitrogens is 4. The van der Waals surface area contributed by atoms with Crippen LogP contribution in [0.3, 0.4) is 0 Å². The van der Waals surface area contributed by atoms with Crippen LogP contribution in [0.2, 0.25) is 5.02 Å². The Morgan fingerprint density at radius 3 is 2.75 bits per heavy atom. The van der Waals surface area contributed by atoms with Gasteiger partial charge < -0.3 is 25.6 Å².